The third-order valence-corrected chi connectivity index (χ3v) is 4.81. The Balaban J connectivity index is 1.80. The van der Waals surface area contributed by atoms with Crippen molar-refractivity contribution in [3.63, 3.8) is 0 Å². The van der Waals surface area contributed by atoms with Crippen molar-refractivity contribution in [2.75, 3.05) is 0 Å². The third-order valence-electron chi connectivity index (χ3n) is 4.81. The minimum atomic E-state index is -4.48. The van der Waals surface area contributed by atoms with Crippen LogP contribution in [0, 0.1) is 0 Å². The monoisotopic (exact) mass is 456 g/mol. The van der Waals surface area contributed by atoms with Crippen molar-refractivity contribution in [2.24, 2.45) is 7.05 Å². The topological polar surface area (TPSA) is 66.0 Å². The van der Waals surface area contributed by atoms with Gasteiger partial charge in [-0.1, -0.05) is 48.2 Å². The van der Waals surface area contributed by atoms with E-state index in [-0.39, 0.29) is 18.3 Å². The van der Waals surface area contributed by atoms with E-state index < -0.39 is 11.7 Å². The number of halogens is 3. The van der Waals surface area contributed by atoms with E-state index in [1.807, 2.05) is 31.2 Å². The first-order chi connectivity index (χ1) is 15.6. The van der Waals surface area contributed by atoms with Crippen molar-refractivity contribution in [1.82, 2.24) is 19.9 Å². The third kappa shape index (κ3) is 5.68. The summed E-state index contributed by atoms with van der Waals surface area (Å²) in [6.07, 6.45) is -0.00992. The number of hydrogen-bond acceptors (Lipinski definition) is 5. The molecule has 2 heterocycles. The molecule has 0 spiro atoms. The second kappa shape index (κ2) is 9.72. The SMILES string of the molecule is C=C/C(=C\C=C(/C)OCc1c(-c2nc(-c3cccc(C(=C)C)c3)no2)cnn1C)C(F)(F)F. The van der Waals surface area contributed by atoms with Gasteiger partial charge in [0.2, 0.25) is 5.82 Å². The smallest absolute Gasteiger partial charge is 0.416 e. The van der Waals surface area contributed by atoms with Crippen LogP contribution in [0.15, 0.2) is 77.7 Å². The van der Waals surface area contributed by atoms with Crippen LogP contribution in [0.4, 0.5) is 13.2 Å². The lowest BCUT2D eigenvalue weighted by atomic mass is 10.1. The molecule has 0 saturated carbocycles. The maximum atomic E-state index is 12.8. The summed E-state index contributed by atoms with van der Waals surface area (Å²) in [5.41, 5.74) is 2.99. The average molecular weight is 456 g/mol. The quantitative estimate of drug-likeness (QED) is 0.295. The molecule has 2 aromatic heterocycles. The van der Waals surface area contributed by atoms with Crippen LogP contribution in [0.1, 0.15) is 25.1 Å². The summed E-state index contributed by atoms with van der Waals surface area (Å²) in [4.78, 5) is 4.47. The minimum Gasteiger partial charge on any atom is -0.492 e. The molecule has 6 nitrogen and oxygen atoms in total. The van der Waals surface area contributed by atoms with Gasteiger partial charge in [0.1, 0.15) is 6.61 Å². The molecule has 0 radical (unpaired) electrons. The molecule has 3 aromatic rings. The maximum Gasteiger partial charge on any atom is 0.416 e. The Morgan fingerprint density at radius 1 is 1.24 bits per heavy atom. The Hall–Kier alpha value is -3.88. The van der Waals surface area contributed by atoms with Crippen molar-refractivity contribution in [3.8, 4) is 22.8 Å². The first kappa shape index (κ1) is 23.8. The van der Waals surface area contributed by atoms with Crippen LogP contribution in [0.3, 0.4) is 0 Å². The van der Waals surface area contributed by atoms with Crippen molar-refractivity contribution < 1.29 is 22.4 Å². The first-order valence-electron chi connectivity index (χ1n) is 9.92. The Morgan fingerprint density at radius 2 is 2.00 bits per heavy atom. The van der Waals surface area contributed by atoms with E-state index in [0.29, 0.717) is 17.1 Å². The number of ether oxygens (including phenoxy) is 1. The van der Waals surface area contributed by atoms with Crippen molar-refractivity contribution >= 4 is 5.57 Å². The minimum absolute atomic E-state index is 0.0420. The van der Waals surface area contributed by atoms with Gasteiger partial charge < -0.3 is 9.26 Å². The summed E-state index contributed by atoms with van der Waals surface area (Å²) in [6.45, 7) is 10.6. The fourth-order valence-electron chi connectivity index (χ4n) is 2.90. The molecule has 0 N–H and O–H groups in total. The lowest BCUT2D eigenvalue weighted by Crippen LogP contribution is -2.09. The molecule has 3 rings (SSSR count). The first-order valence-corrected chi connectivity index (χ1v) is 9.92. The van der Waals surface area contributed by atoms with E-state index in [4.69, 9.17) is 9.26 Å². The number of rotatable bonds is 8. The molecule has 172 valence electrons. The summed E-state index contributed by atoms with van der Waals surface area (Å²) < 4.78 is 51.1. The highest BCUT2D eigenvalue weighted by molar-refractivity contribution is 5.68. The number of alkyl halides is 3. The van der Waals surface area contributed by atoms with Crippen LogP contribution in [0.2, 0.25) is 0 Å². The molecule has 0 unspecified atom stereocenters. The van der Waals surface area contributed by atoms with Crippen LogP contribution < -0.4 is 0 Å². The van der Waals surface area contributed by atoms with Gasteiger partial charge in [-0.25, -0.2) is 0 Å². The molecular weight excluding hydrogens is 433 g/mol. The molecule has 0 atom stereocenters. The van der Waals surface area contributed by atoms with E-state index in [2.05, 4.69) is 28.4 Å². The molecular formula is C24H23F3N4O2. The normalized spacial score (nSPS) is 12.7. The van der Waals surface area contributed by atoms with Gasteiger partial charge in [-0.2, -0.15) is 23.3 Å². The zero-order valence-corrected chi connectivity index (χ0v) is 18.5. The van der Waals surface area contributed by atoms with E-state index in [0.717, 1.165) is 28.9 Å². The molecule has 0 fully saturated rings. The van der Waals surface area contributed by atoms with Gasteiger partial charge in [-0.05, 0) is 37.6 Å². The second-order valence-electron chi connectivity index (χ2n) is 7.30. The van der Waals surface area contributed by atoms with Crippen molar-refractivity contribution in [2.45, 2.75) is 26.6 Å². The van der Waals surface area contributed by atoms with Gasteiger partial charge in [0.25, 0.3) is 5.89 Å². The van der Waals surface area contributed by atoms with Crippen LogP contribution in [0.5, 0.6) is 0 Å². The lowest BCUT2D eigenvalue weighted by molar-refractivity contribution is -0.0881. The zero-order valence-electron chi connectivity index (χ0n) is 18.5. The molecule has 0 aliphatic rings. The predicted molar refractivity (Wildman–Crippen MR) is 120 cm³/mol. The van der Waals surface area contributed by atoms with Crippen molar-refractivity contribution in [3.05, 3.63) is 84.4 Å². The van der Waals surface area contributed by atoms with E-state index in [9.17, 15) is 13.2 Å². The molecule has 0 aliphatic heterocycles. The molecule has 0 amide bonds. The Bertz CT molecular complexity index is 1230. The Kier molecular flexibility index (Phi) is 7.01. The van der Waals surface area contributed by atoms with E-state index in [1.165, 1.54) is 6.08 Å². The Labute approximate surface area is 189 Å². The number of benzene rings is 1. The molecule has 0 saturated heterocycles. The highest BCUT2D eigenvalue weighted by Crippen LogP contribution is 2.28. The van der Waals surface area contributed by atoms with Crippen LogP contribution in [-0.4, -0.2) is 26.1 Å². The van der Waals surface area contributed by atoms with Crippen molar-refractivity contribution in [1.29, 1.82) is 0 Å². The Morgan fingerprint density at radius 3 is 2.67 bits per heavy atom. The van der Waals surface area contributed by atoms with Gasteiger partial charge >= 0.3 is 6.18 Å². The van der Waals surface area contributed by atoms with Crippen LogP contribution in [-0.2, 0) is 18.4 Å². The number of allylic oxidation sites excluding steroid dienone is 6. The van der Waals surface area contributed by atoms with Crippen LogP contribution in [0.25, 0.3) is 28.4 Å². The maximum absolute atomic E-state index is 12.8. The van der Waals surface area contributed by atoms with Gasteiger partial charge in [0, 0.05) is 12.6 Å². The zero-order chi connectivity index (χ0) is 24.2. The molecule has 1 aromatic carbocycles. The molecule has 33 heavy (non-hydrogen) atoms. The van der Waals surface area contributed by atoms with Gasteiger partial charge in [-0.3, -0.25) is 4.68 Å². The second-order valence-corrected chi connectivity index (χ2v) is 7.30. The number of aromatic nitrogens is 4. The van der Waals surface area contributed by atoms with E-state index >= 15 is 0 Å². The summed E-state index contributed by atoms with van der Waals surface area (Å²) in [6, 6.07) is 7.62. The average Bonchev–Trinajstić information content (AvgIpc) is 3.38. The summed E-state index contributed by atoms with van der Waals surface area (Å²) in [5, 5.41) is 8.28. The van der Waals surface area contributed by atoms with Gasteiger partial charge in [0.05, 0.1) is 28.8 Å². The number of hydrogen-bond donors (Lipinski definition) is 0. The molecule has 9 heteroatoms. The highest BCUT2D eigenvalue weighted by atomic mass is 19.4. The summed E-state index contributed by atoms with van der Waals surface area (Å²) >= 11 is 0. The summed E-state index contributed by atoms with van der Waals surface area (Å²) in [7, 11) is 1.72. The number of aryl methyl sites for hydroxylation is 1. The summed E-state index contributed by atoms with van der Waals surface area (Å²) in [5.74, 6) is 0.952. The lowest BCUT2D eigenvalue weighted by Gasteiger charge is -2.08. The van der Waals surface area contributed by atoms with Gasteiger partial charge in [-0.15, -0.1) is 0 Å². The van der Waals surface area contributed by atoms with Crippen LogP contribution >= 0.6 is 0 Å². The van der Waals surface area contributed by atoms with Gasteiger partial charge in [0.15, 0.2) is 0 Å². The molecule has 0 bridgehead atoms. The number of nitrogens with zero attached hydrogens (tertiary/aromatic N) is 4. The van der Waals surface area contributed by atoms with E-state index in [1.54, 1.807) is 24.9 Å². The predicted octanol–water partition coefficient (Wildman–Crippen LogP) is 6.27. The fourth-order valence-corrected chi connectivity index (χ4v) is 2.90. The fraction of sp³-hybridized carbons (Fsp3) is 0.208. The highest BCUT2D eigenvalue weighted by Gasteiger charge is 2.30. The standard InChI is InChI=1S/C24H23F3N4O2/c1-6-19(24(25,26)27)11-10-16(4)32-14-21-20(13-28-31(21)5)23-29-22(30-33-23)18-9-7-8-17(12-18)15(2)3/h6-13H,1-2,14H2,3-5H3/b16-10+,19-11+. The largest absolute Gasteiger partial charge is 0.492 e. The molecule has 0 aliphatic carbocycles.